The van der Waals surface area contributed by atoms with Crippen molar-refractivity contribution in [3.05, 3.63) is 29.8 Å². The number of thioether (sulfide) groups is 1. The molecule has 0 saturated carbocycles. The summed E-state index contributed by atoms with van der Waals surface area (Å²) in [6, 6.07) is 8.24. The standard InChI is InChI=1S/C14H20N2OS/c1-2-18-11-10-16-9-5-7-13(15-17)12-6-3-4-8-14(12)16/h3-4,6,8,17H,2,5,7,9-11H2,1H3/b15-13-. The maximum absolute atomic E-state index is 9.13. The molecule has 1 aliphatic rings. The minimum atomic E-state index is 0.816. The smallest absolute Gasteiger partial charge is 0.0889 e. The molecule has 0 radical (unpaired) electrons. The van der Waals surface area contributed by atoms with E-state index in [0.717, 1.165) is 43.0 Å². The van der Waals surface area contributed by atoms with E-state index in [2.05, 4.69) is 35.2 Å². The maximum atomic E-state index is 9.13. The fraction of sp³-hybridized carbons (Fsp3) is 0.500. The van der Waals surface area contributed by atoms with Gasteiger partial charge in [0.05, 0.1) is 5.71 Å². The zero-order chi connectivity index (χ0) is 12.8. The lowest BCUT2D eigenvalue weighted by atomic mass is 10.1. The van der Waals surface area contributed by atoms with E-state index in [1.165, 1.54) is 11.4 Å². The van der Waals surface area contributed by atoms with Crippen LogP contribution in [0.3, 0.4) is 0 Å². The normalized spacial score (nSPS) is 17.6. The van der Waals surface area contributed by atoms with Crippen LogP contribution in [0.5, 0.6) is 0 Å². The second-order valence-corrected chi connectivity index (χ2v) is 5.75. The van der Waals surface area contributed by atoms with E-state index in [4.69, 9.17) is 5.21 Å². The van der Waals surface area contributed by atoms with Crippen LogP contribution in [0.1, 0.15) is 25.3 Å². The number of rotatable bonds is 4. The zero-order valence-corrected chi connectivity index (χ0v) is 11.6. The minimum absolute atomic E-state index is 0.816. The highest BCUT2D eigenvalue weighted by Crippen LogP contribution is 2.26. The van der Waals surface area contributed by atoms with Gasteiger partial charge in [0, 0.05) is 30.1 Å². The molecule has 0 aromatic heterocycles. The Labute approximate surface area is 113 Å². The van der Waals surface area contributed by atoms with E-state index in [1.807, 2.05) is 17.8 Å². The summed E-state index contributed by atoms with van der Waals surface area (Å²) in [5.74, 6) is 2.31. The fourth-order valence-corrected chi connectivity index (χ4v) is 2.98. The Morgan fingerprint density at radius 2 is 2.22 bits per heavy atom. The first kappa shape index (κ1) is 13.3. The molecule has 4 heteroatoms. The van der Waals surface area contributed by atoms with E-state index in [-0.39, 0.29) is 0 Å². The molecule has 2 rings (SSSR count). The molecule has 1 aromatic carbocycles. The number of hydrogen-bond donors (Lipinski definition) is 1. The molecule has 0 spiro atoms. The first-order valence-corrected chi connectivity index (χ1v) is 7.65. The number of nitrogens with zero attached hydrogens (tertiary/aromatic N) is 2. The van der Waals surface area contributed by atoms with E-state index in [9.17, 15) is 0 Å². The highest BCUT2D eigenvalue weighted by atomic mass is 32.2. The zero-order valence-electron chi connectivity index (χ0n) is 10.8. The van der Waals surface area contributed by atoms with Crippen LogP contribution in [0.25, 0.3) is 0 Å². The number of anilines is 1. The molecule has 0 unspecified atom stereocenters. The summed E-state index contributed by atoms with van der Waals surface area (Å²) in [6.45, 7) is 4.30. The van der Waals surface area contributed by atoms with Crippen molar-refractivity contribution in [3.8, 4) is 0 Å². The van der Waals surface area contributed by atoms with E-state index < -0.39 is 0 Å². The van der Waals surface area contributed by atoms with Crippen molar-refractivity contribution in [2.24, 2.45) is 5.16 Å². The van der Waals surface area contributed by atoms with Gasteiger partial charge in [-0.25, -0.2) is 0 Å². The second-order valence-electron chi connectivity index (χ2n) is 4.35. The molecule has 0 saturated heterocycles. The monoisotopic (exact) mass is 264 g/mol. The molecule has 1 N–H and O–H groups in total. The van der Waals surface area contributed by atoms with Crippen molar-refractivity contribution < 1.29 is 5.21 Å². The van der Waals surface area contributed by atoms with Crippen molar-refractivity contribution in [1.29, 1.82) is 0 Å². The molecule has 1 aliphatic heterocycles. The van der Waals surface area contributed by atoms with E-state index in [0.29, 0.717) is 0 Å². The van der Waals surface area contributed by atoms with Crippen molar-refractivity contribution in [2.75, 3.05) is 29.5 Å². The molecule has 0 fully saturated rings. The van der Waals surface area contributed by atoms with Gasteiger partial charge in [-0.2, -0.15) is 11.8 Å². The third kappa shape index (κ3) is 2.99. The molecule has 1 aromatic rings. The van der Waals surface area contributed by atoms with Crippen LogP contribution >= 0.6 is 11.8 Å². The van der Waals surface area contributed by atoms with E-state index >= 15 is 0 Å². The van der Waals surface area contributed by atoms with Crippen LogP contribution < -0.4 is 4.90 Å². The van der Waals surface area contributed by atoms with Gasteiger partial charge in [-0.05, 0) is 24.7 Å². The molecular weight excluding hydrogens is 244 g/mol. The van der Waals surface area contributed by atoms with Gasteiger partial charge in [0.25, 0.3) is 0 Å². The lowest BCUT2D eigenvalue weighted by molar-refractivity contribution is 0.318. The third-order valence-corrected chi connectivity index (χ3v) is 4.11. The maximum Gasteiger partial charge on any atom is 0.0889 e. The van der Waals surface area contributed by atoms with Crippen LogP contribution in [0.15, 0.2) is 29.4 Å². The van der Waals surface area contributed by atoms with Gasteiger partial charge in [0.15, 0.2) is 0 Å². The van der Waals surface area contributed by atoms with Crippen LogP contribution in [0.2, 0.25) is 0 Å². The fourth-order valence-electron chi connectivity index (χ4n) is 2.34. The predicted molar refractivity (Wildman–Crippen MR) is 79.2 cm³/mol. The minimum Gasteiger partial charge on any atom is -0.411 e. The Morgan fingerprint density at radius 1 is 1.39 bits per heavy atom. The molecule has 0 amide bonds. The van der Waals surface area contributed by atoms with Crippen molar-refractivity contribution in [3.63, 3.8) is 0 Å². The highest BCUT2D eigenvalue weighted by molar-refractivity contribution is 7.99. The Balaban J connectivity index is 2.22. The predicted octanol–water partition coefficient (Wildman–Crippen LogP) is 3.22. The number of fused-ring (bicyclic) bond motifs is 1. The van der Waals surface area contributed by atoms with Gasteiger partial charge in [-0.15, -0.1) is 0 Å². The quantitative estimate of drug-likeness (QED) is 0.515. The second kappa shape index (κ2) is 6.69. The van der Waals surface area contributed by atoms with Gasteiger partial charge < -0.3 is 10.1 Å². The summed E-state index contributed by atoms with van der Waals surface area (Å²) in [6.07, 6.45) is 1.90. The Hall–Kier alpha value is -1.16. The van der Waals surface area contributed by atoms with Gasteiger partial charge >= 0.3 is 0 Å². The number of hydrogen-bond acceptors (Lipinski definition) is 4. The Morgan fingerprint density at radius 3 is 3.00 bits per heavy atom. The summed E-state index contributed by atoms with van der Waals surface area (Å²) in [5.41, 5.74) is 3.11. The van der Waals surface area contributed by atoms with E-state index in [1.54, 1.807) is 0 Å². The number of benzene rings is 1. The van der Waals surface area contributed by atoms with Gasteiger partial charge in [-0.3, -0.25) is 0 Å². The van der Waals surface area contributed by atoms with Crippen molar-refractivity contribution in [2.45, 2.75) is 19.8 Å². The summed E-state index contributed by atoms with van der Waals surface area (Å²) in [7, 11) is 0. The van der Waals surface area contributed by atoms with Gasteiger partial charge in [0.1, 0.15) is 0 Å². The lowest BCUT2D eigenvalue weighted by Gasteiger charge is -2.24. The first-order valence-electron chi connectivity index (χ1n) is 6.50. The molecule has 0 bridgehead atoms. The van der Waals surface area contributed by atoms with Crippen LogP contribution in [-0.4, -0.2) is 35.5 Å². The topological polar surface area (TPSA) is 35.8 Å². The molecule has 0 aliphatic carbocycles. The third-order valence-electron chi connectivity index (χ3n) is 3.23. The molecule has 3 nitrogen and oxygen atoms in total. The molecule has 1 heterocycles. The SMILES string of the molecule is CCSCCN1CCC/C(=N/O)c2ccccc21. The largest absolute Gasteiger partial charge is 0.411 e. The molecule has 0 atom stereocenters. The Kier molecular flexibility index (Phi) is 4.93. The van der Waals surface area contributed by atoms with Crippen molar-refractivity contribution >= 4 is 23.2 Å². The van der Waals surface area contributed by atoms with Crippen LogP contribution in [0.4, 0.5) is 5.69 Å². The average molecular weight is 264 g/mol. The number of oxime groups is 1. The summed E-state index contributed by atoms with van der Waals surface area (Å²) < 4.78 is 0. The average Bonchev–Trinajstić information content (AvgIpc) is 2.59. The van der Waals surface area contributed by atoms with Gasteiger partial charge in [0.2, 0.25) is 0 Å². The van der Waals surface area contributed by atoms with Crippen LogP contribution in [-0.2, 0) is 0 Å². The Bertz CT molecular complexity index is 420. The van der Waals surface area contributed by atoms with Gasteiger partial charge in [-0.1, -0.05) is 30.3 Å². The number of para-hydroxylation sites is 1. The molecule has 18 heavy (non-hydrogen) atoms. The summed E-state index contributed by atoms with van der Waals surface area (Å²) in [5, 5.41) is 12.6. The van der Waals surface area contributed by atoms with Crippen LogP contribution in [0, 0.1) is 0 Å². The van der Waals surface area contributed by atoms with Crippen molar-refractivity contribution in [1.82, 2.24) is 0 Å². The highest BCUT2D eigenvalue weighted by Gasteiger charge is 2.18. The lowest BCUT2D eigenvalue weighted by Crippen LogP contribution is -2.26. The summed E-state index contributed by atoms with van der Waals surface area (Å²) in [4.78, 5) is 2.41. The summed E-state index contributed by atoms with van der Waals surface area (Å²) >= 11 is 1.97. The first-order chi connectivity index (χ1) is 8.86. The molecule has 98 valence electrons. The molecular formula is C14H20N2OS.